The van der Waals surface area contributed by atoms with Crippen LogP contribution in [-0.2, 0) is 45.0 Å². The average Bonchev–Trinajstić information content (AvgIpc) is 1.65. The van der Waals surface area contributed by atoms with E-state index in [4.69, 9.17) is 28.9 Å². The molecule has 0 radical (unpaired) electrons. The zero-order valence-corrected chi connectivity index (χ0v) is 82.7. The van der Waals surface area contributed by atoms with Gasteiger partial charge in [-0.2, -0.15) is 21.0 Å². The molecule has 5 atom stereocenters. The molecule has 19 nitrogen and oxygen atoms in total. The smallest absolute Gasteiger partial charge is 0.151 e. The lowest BCUT2D eigenvalue weighted by atomic mass is 9.94. The van der Waals surface area contributed by atoms with E-state index in [1.54, 1.807) is 58.5 Å². The molecule has 0 bridgehead atoms. The molecule has 4 aromatic heterocycles. The van der Waals surface area contributed by atoms with E-state index in [0.717, 1.165) is 90.6 Å². The van der Waals surface area contributed by atoms with Gasteiger partial charge in [0.05, 0.1) is 71.9 Å². The van der Waals surface area contributed by atoms with Crippen molar-refractivity contribution in [3.05, 3.63) is 237 Å². The van der Waals surface area contributed by atoms with Gasteiger partial charge in [-0.05, 0) is 287 Å². The van der Waals surface area contributed by atoms with Crippen molar-refractivity contribution < 1.29 is 31.6 Å². The van der Waals surface area contributed by atoms with Gasteiger partial charge >= 0.3 is 0 Å². The Morgan fingerprint density at radius 1 is 0.383 bits per heavy atom. The summed E-state index contributed by atoms with van der Waals surface area (Å²) in [5.74, 6) is 7.12. The standard InChI is InChI=1S/2C28H31N3OS.C26H29N3O3S2.C26H29N3O2S2/c2*1-18(2)32-26-14-11-19(15-20(26)16-29)28-30-17-27(33-28)24-10-6-9-23-22(24)12-13-25(23)31-21-7-4-3-5-8-21;1-4-34(30,31)13-12-28-23-10-9-20-21(23)6-5-7-22(20)25-16-29-26(33-25)18-8-11-24(32-17(2)3)19(14-18)15-27;1-17(2)31-24-11-8-18(14-19(24)15-27)26-29-16-25(32-26)22-7-5-6-21-20(22)9-10-23(21)28-12-13-33(3,4)30/h2*6,9-11,14-15,17-18,21,25,31H,3-5,7-8,12-13H2,1-2H3;5-8,11,14,16-17,23,28H,4,9-10,12-13H2,1-3H3;5-8,11,14,16-17,23,28H,3,9-10,12-13H2,1-2,4H3/t;;;23-,33?/m...1/s1. The summed E-state index contributed by atoms with van der Waals surface area (Å²) in [6.45, 7) is 18.5. The van der Waals surface area contributed by atoms with Crippen molar-refractivity contribution in [3.8, 4) is 131 Å². The lowest BCUT2D eigenvalue weighted by Crippen LogP contribution is -2.33. The molecule has 6 aliphatic carbocycles. The number of benzene rings is 8. The topological polar surface area (TPSA) is 283 Å². The first-order valence-electron chi connectivity index (χ1n) is 47.0. The molecule has 0 saturated heterocycles. The molecule has 690 valence electrons. The van der Waals surface area contributed by atoms with Crippen LogP contribution < -0.4 is 40.2 Å². The first-order valence-corrected chi connectivity index (χ1v) is 54.4. The van der Waals surface area contributed by atoms with E-state index in [0.29, 0.717) is 88.3 Å². The fourth-order valence-corrected chi connectivity index (χ4v) is 24.1. The summed E-state index contributed by atoms with van der Waals surface area (Å²) < 4.78 is 58.5. The Hall–Kier alpha value is -10.8. The zero-order valence-electron chi connectivity index (χ0n) is 77.8. The van der Waals surface area contributed by atoms with Crippen LogP contribution >= 0.6 is 45.3 Å². The maximum atomic E-state index is 11.9. The molecular formula is C108H120N12O7S6. The summed E-state index contributed by atoms with van der Waals surface area (Å²) in [6.07, 6.45) is 31.6. The molecule has 4 heterocycles. The molecule has 4 N–H and O–H groups in total. The Bertz CT molecular complexity index is 6340. The Morgan fingerprint density at radius 3 is 0.917 bits per heavy atom. The van der Waals surface area contributed by atoms with Crippen LogP contribution in [0.2, 0.25) is 0 Å². The Balaban J connectivity index is 0.000000135. The van der Waals surface area contributed by atoms with E-state index >= 15 is 0 Å². The number of aromatic nitrogens is 4. The third-order valence-electron chi connectivity index (χ3n) is 25.3. The number of fused-ring (bicyclic) bond motifs is 4. The largest absolute Gasteiger partial charge is 0.490 e. The van der Waals surface area contributed by atoms with Gasteiger partial charge in [0, 0.05) is 114 Å². The number of nitrogens with zero attached hydrogens (tertiary/aromatic N) is 8. The molecule has 8 aromatic carbocycles. The van der Waals surface area contributed by atoms with Gasteiger partial charge < -0.3 is 40.2 Å². The molecule has 2 saturated carbocycles. The molecule has 12 aromatic rings. The summed E-state index contributed by atoms with van der Waals surface area (Å²) in [5.41, 5.74) is 22.0. The van der Waals surface area contributed by atoms with E-state index < -0.39 is 19.4 Å². The summed E-state index contributed by atoms with van der Waals surface area (Å²) in [5, 5.41) is 56.8. The highest BCUT2D eigenvalue weighted by Gasteiger charge is 2.33. The Labute approximate surface area is 801 Å². The van der Waals surface area contributed by atoms with Crippen LogP contribution in [0.5, 0.6) is 23.0 Å². The van der Waals surface area contributed by atoms with Gasteiger partial charge in [0.1, 0.15) is 67.3 Å². The van der Waals surface area contributed by atoms with Crippen LogP contribution in [0.25, 0.3) is 84.0 Å². The molecule has 18 rings (SSSR count). The van der Waals surface area contributed by atoms with Gasteiger partial charge in [-0.15, -0.1) is 45.3 Å². The number of ether oxygens (including phenoxy) is 4. The predicted octanol–water partition coefficient (Wildman–Crippen LogP) is 24.3. The van der Waals surface area contributed by atoms with Crippen molar-refractivity contribution in [1.29, 1.82) is 21.0 Å². The molecule has 25 heteroatoms. The van der Waals surface area contributed by atoms with E-state index in [1.807, 2.05) is 153 Å². The van der Waals surface area contributed by atoms with Gasteiger partial charge in [0.25, 0.3) is 0 Å². The predicted molar refractivity (Wildman–Crippen MR) is 545 cm³/mol. The lowest BCUT2D eigenvalue weighted by Gasteiger charge is -2.27. The van der Waals surface area contributed by atoms with Gasteiger partial charge in [-0.1, -0.05) is 118 Å². The van der Waals surface area contributed by atoms with Crippen LogP contribution in [-0.4, -0.2) is 112 Å². The summed E-state index contributed by atoms with van der Waals surface area (Å²) in [4.78, 5) is 23.3. The van der Waals surface area contributed by atoms with Crippen LogP contribution in [0.3, 0.4) is 0 Å². The van der Waals surface area contributed by atoms with Crippen LogP contribution in [0.15, 0.2) is 170 Å². The molecule has 6 aliphatic rings. The molecule has 2 fully saturated rings. The van der Waals surface area contributed by atoms with Crippen molar-refractivity contribution in [3.63, 3.8) is 0 Å². The third-order valence-corrected chi connectivity index (χ3v) is 32.4. The van der Waals surface area contributed by atoms with Crippen LogP contribution in [0, 0.1) is 45.3 Å². The molecule has 0 amide bonds. The first-order chi connectivity index (χ1) is 64.3. The molecule has 0 aliphatic heterocycles. The zero-order chi connectivity index (χ0) is 93.5. The summed E-state index contributed by atoms with van der Waals surface area (Å²) in [6, 6.07) is 60.8. The van der Waals surface area contributed by atoms with Crippen molar-refractivity contribution in [2.45, 2.75) is 239 Å². The average molecular weight is 1890 g/mol. The normalized spacial score (nSPS) is 17.2. The molecular weight excluding hydrogens is 1770 g/mol. The quantitative estimate of drug-likeness (QED) is 0.0317. The van der Waals surface area contributed by atoms with Gasteiger partial charge in [0.2, 0.25) is 0 Å². The van der Waals surface area contributed by atoms with Gasteiger partial charge in [-0.25, -0.2) is 28.4 Å². The minimum Gasteiger partial charge on any atom is -0.490 e. The van der Waals surface area contributed by atoms with Crippen LogP contribution in [0.1, 0.15) is 243 Å². The minimum absolute atomic E-state index is 0.000969. The Morgan fingerprint density at radius 2 is 0.654 bits per heavy atom. The molecule has 4 unspecified atom stereocenters. The van der Waals surface area contributed by atoms with E-state index in [9.17, 15) is 33.7 Å². The van der Waals surface area contributed by atoms with E-state index in [2.05, 4.69) is 134 Å². The molecule has 133 heavy (non-hydrogen) atoms. The number of nitriles is 4. The number of hydrogen-bond acceptors (Lipinski definition) is 23. The minimum atomic E-state index is -2.97. The number of rotatable bonds is 29. The highest BCUT2D eigenvalue weighted by atomic mass is 32.2. The van der Waals surface area contributed by atoms with Crippen LogP contribution in [0.4, 0.5) is 0 Å². The summed E-state index contributed by atoms with van der Waals surface area (Å²) in [7, 11) is -4.95. The lowest BCUT2D eigenvalue weighted by molar-refractivity contribution is 0.241. The molecule has 0 spiro atoms. The fraction of sp³-hybridized carbons (Fsp3) is 0.398. The second-order valence-electron chi connectivity index (χ2n) is 36.5. The fourth-order valence-electron chi connectivity index (χ4n) is 19.0. The maximum Gasteiger partial charge on any atom is 0.151 e. The summed E-state index contributed by atoms with van der Waals surface area (Å²) >= 11 is 6.65. The first kappa shape index (κ1) is 96.8. The second kappa shape index (κ2) is 44.6. The number of hydrogen-bond donors (Lipinski definition) is 4. The van der Waals surface area contributed by atoms with Gasteiger partial charge in [0.15, 0.2) is 9.84 Å². The second-order valence-corrected chi connectivity index (χ2v) is 45.8. The van der Waals surface area contributed by atoms with E-state index in [1.165, 1.54) is 154 Å². The van der Waals surface area contributed by atoms with Crippen molar-refractivity contribution >= 4 is 70.6 Å². The number of thiazole rings is 4. The Kier molecular flexibility index (Phi) is 32.5. The maximum absolute atomic E-state index is 11.9. The van der Waals surface area contributed by atoms with E-state index in [-0.39, 0.29) is 48.0 Å². The monoisotopic (exact) mass is 1890 g/mol. The third kappa shape index (κ3) is 24.3. The van der Waals surface area contributed by atoms with Gasteiger partial charge in [-0.3, -0.25) is 4.21 Å². The van der Waals surface area contributed by atoms with Crippen molar-refractivity contribution in [2.24, 2.45) is 0 Å². The number of nitrogens with one attached hydrogen (secondary N) is 4. The van der Waals surface area contributed by atoms with Crippen molar-refractivity contribution in [2.75, 3.05) is 36.6 Å². The highest BCUT2D eigenvalue weighted by molar-refractivity contribution is 7.99. The van der Waals surface area contributed by atoms with Crippen molar-refractivity contribution in [1.82, 2.24) is 41.2 Å². The highest BCUT2D eigenvalue weighted by Crippen LogP contribution is 2.48. The number of sulfone groups is 1. The SMILES string of the molecule is C=S(C)(=O)CCN[C@@H]1CCc2c(-c3cnc(-c4ccc(OC(C)C)c(C#N)c4)s3)cccc21.CC(C)Oc1ccc(-c2ncc(-c3cccc4c3CCC4NC3CCCCC3)s2)cc1C#N.CC(C)Oc1ccc(-c2ncc(-c3cccc4c3CCC4NC3CCCCC3)s2)cc1C#N.CCS(=O)(=O)CCNC1CCc2c(-c3cnc(-c4ccc(OC(C)C)c(C#N)c4)s3)cccc21.